The second-order valence-electron chi connectivity index (χ2n) is 11.1. The first-order valence-electron chi connectivity index (χ1n) is 14.5. The average molecular weight is 556 g/mol. The number of hydrogen-bond acceptors (Lipinski definition) is 6. The topological polar surface area (TPSA) is 86.3 Å². The lowest BCUT2D eigenvalue weighted by Gasteiger charge is -2.50. The summed E-state index contributed by atoms with van der Waals surface area (Å²) >= 11 is 0. The Bertz CT molecular complexity index is 1410. The number of benzene rings is 4. The molecule has 0 bridgehead atoms. The molecule has 0 unspecified atom stereocenters. The molecule has 2 aliphatic rings. The van der Waals surface area contributed by atoms with Crippen molar-refractivity contribution < 1.29 is 5.11 Å². The number of aliphatic hydroxyl groups is 1. The van der Waals surface area contributed by atoms with Crippen molar-refractivity contribution in [2.75, 3.05) is 32.7 Å². The van der Waals surface area contributed by atoms with Gasteiger partial charge in [-0.1, -0.05) is 128 Å². The standard InChI is InChI=1S/C19H21N3.C17H16N2O/c1-2-21-19(13-20)14-22(15-19)18(16-9-5-3-6-10-16)17-11-7-4-8-12-17;18-11-17(20)12-19(13-17)16(14-7-3-1-4-8-14)15-9-5-2-6-10-15/h3-12,18,21H,2,14-15H2,1H3;1-10,16,20H,12-13H2. The number of nitrogens with zero attached hydrogens (tertiary/aromatic N) is 4. The summed E-state index contributed by atoms with van der Waals surface area (Å²) in [5.41, 5.74) is 3.32. The van der Waals surface area contributed by atoms with E-state index in [1.807, 2.05) is 61.5 Å². The molecule has 6 heteroatoms. The van der Waals surface area contributed by atoms with Crippen LogP contribution in [0.4, 0.5) is 0 Å². The Labute approximate surface area is 249 Å². The maximum Gasteiger partial charge on any atom is 0.176 e. The van der Waals surface area contributed by atoms with Gasteiger partial charge in [0.1, 0.15) is 11.6 Å². The van der Waals surface area contributed by atoms with Gasteiger partial charge >= 0.3 is 0 Å². The zero-order chi connectivity index (χ0) is 29.4. The maximum absolute atomic E-state index is 9.93. The van der Waals surface area contributed by atoms with Gasteiger partial charge < -0.3 is 5.11 Å². The van der Waals surface area contributed by atoms with Gasteiger partial charge in [-0.25, -0.2) is 0 Å². The minimum Gasteiger partial charge on any atom is -0.373 e. The molecule has 0 aromatic heterocycles. The minimum absolute atomic E-state index is 0.0889. The second kappa shape index (κ2) is 13.1. The van der Waals surface area contributed by atoms with Crippen LogP contribution in [0.1, 0.15) is 41.3 Å². The molecule has 2 N–H and O–H groups in total. The molecular formula is C36H37N5O. The normalized spacial score (nSPS) is 17.2. The number of rotatable bonds is 8. The predicted octanol–water partition coefficient (Wildman–Crippen LogP) is 5.31. The molecule has 4 aromatic rings. The highest BCUT2D eigenvalue weighted by molar-refractivity contribution is 5.35. The van der Waals surface area contributed by atoms with Gasteiger partial charge in [-0.15, -0.1) is 0 Å². The van der Waals surface area contributed by atoms with Gasteiger partial charge in [-0.2, -0.15) is 10.5 Å². The van der Waals surface area contributed by atoms with Crippen LogP contribution in [0, 0.1) is 22.7 Å². The molecule has 0 amide bonds. The first-order chi connectivity index (χ1) is 20.5. The second-order valence-corrected chi connectivity index (χ2v) is 11.1. The van der Waals surface area contributed by atoms with Gasteiger partial charge in [-0.3, -0.25) is 15.1 Å². The third kappa shape index (κ3) is 6.44. The molecular weight excluding hydrogens is 518 g/mol. The Morgan fingerprint density at radius 2 is 0.952 bits per heavy atom. The van der Waals surface area contributed by atoms with Crippen molar-refractivity contribution in [3.8, 4) is 12.1 Å². The first-order valence-corrected chi connectivity index (χ1v) is 14.5. The smallest absolute Gasteiger partial charge is 0.176 e. The largest absolute Gasteiger partial charge is 0.373 e. The molecule has 0 atom stereocenters. The van der Waals surface area contributed by atoms with Gasteiger partial charge in [0.15, 0.2) is 5.60 Å². The van der Waals surface area contributed by atoms with Crippen LogP contribution in [0.5, 0.6) is 0 Å². The molecule has 4 aromatic carbocycles. The fourth-order valence-corrected chi connectivity index (χ4v) is 6.04. The number of likely N-dealkylation sites (tertiary alicyclic amines) is 2. The summed E-state index contributed by atoms with van der Waals surface area (Å²) in [5.74, 6) is 0. The number of nitrogens with one attached hydrogen (secondary N) is 1. The Balaban J connectivity index is 0.000000169. The van der Waals surface area contributed by atoms with E-state index in [1.165, 1.54) is 22.3 Å². The third-order valence-corrected chi connectivity index (χ3v) is 8.00. The number of likely N-dealkylation sites (N-methyl/N-ethyl adjacent to an activating group) is 1. The van der Waals surface area contributed by atoms with Crippen molar-refractivity contribution in [3.63, 3.8) is 0 Å². The van der Waals surface area contributed by atoms with Gasteiger partial charge in [0.05, 0.1) is 18.2 Å². The molecule has 2 heterocycles. The summed E-state index contributed by atoms with van der Waals surface area (Å²) in [7, 11) is 0. The molecule has 2 aliphatic heterocycles. The van der Waals surface area contributed by atoms with Crippen molar-refractivity contribution in [2.24, 2.45) is 0 Å². The van der Waals surface area contributed by atoms with Crippen LogP contribution in [0.25, 0.3) is 0 Å². The van der Waals surface area contributed by atoms with Crippen LogP contribution < -0.4 is 5.32 Å². The monoisotopic (exact) mass is 555 g/mol. The molecule has 6 nitrogen and oxygen atoms in total. The van der Waals surface area contributed by atoms with E-state index < -0.39 is 11.1 Å². The van der Waals surface area contributed by atoms with E-state index in [1.54, 1.807) is 0 Å². The maximum atomic E-state index is 9.93. The van der Waals surface area contributed by atoms with E-state index in [0.29, 0.717) is 13.1 Å². The lowest BCUT2D eigenvalue weighted by molar-refractivity contribution is -0.0693. The fraction of sp³-hybridized carbons (Fsp3) is 0.278. The molecule has 0 saturated carbocycles. The predicted molar refractivity (Wildman–Crippen MR) is 165 cm³/mol. The van der Waals surface area contributed by atoms with Crippen LogP contribution in [-0.4, -0.2) is 58.8 Å². The Morgan fingerprint density at radius 3 is 1.24 bits per heavy atom. The Kier molecular flexibility index (Phi) is 9.12. The van der Waals surface area contributed by atoms with E-state index in [2.05, 4.69) is 94.0 Å². The van der Waals surface area contributed by atoms with Gasteiger partial charge in [0, 0.05) is 26.2 Å². The third-order valence-electron chi connectivity index (χ3n) is 8.00. The molecule has 42 heavy (non-hydrogen) atoms. The van der Waals surface area contributed by atoms with E-state index >= 15 is 0 Å². The minimum atomic E-state index is -1.19. The highest BCUT2D eigenvalue weighted by Gasteiger charge is 2.46. The van der Waals surface area contributed by atoms with E-state index in [4.69, 9.17) is 5.26 Å². The molecule has 0 aliphatic carbocycles. The van der Waals surface area contributed by atoms with Crippen LogP contribution in [0.3, 0.4) is 0 Å². The Morgan fingerprint density at radius 1 is 0.619 bits per heavy atom. The van der Waals surface area contributed by atoms with Crippen molar-refractivity contribution in [1.29, 1.82) is 10.5 Å². The summed E-state index contributed by atoms with van der Waals surface area (Å²) in [5, 5.41) is 31.7. The molecule has 2 saturated heterocycles. The van der Waals surface area contributed by atoms with E-state index in [0.717, 1.165) is 19.6 Å². The Hall–Kier alpha value is -4.30. The fourth-order valence-electron chi connectivity index (χ4n) is 6.04. The molecule has 0 radical (unpaired) electrons. The lowest BCUT2D eigenvalue weighted by Crippen LogP contribution is -2.68. The van der Waals surface area contributed by atoms with Crippen molar-refractivity contribution >= 4 is 0 Å². The van der Waals surface area contributed by atoms with Crippen molar-refractivity contribution in [3.05, 3.63) is 144 Å². The zero-order valence-electron chi connectivity index (χ0n) is 24.0. The van der Waals surface area contributed by atoms with Crippen LogP contribution in [0.2, 0.25) is 0 Å². The van der Waals surface area contributed by atoms with Crippen molar-refractivity contribution in [2.45, 2.75) is 30.1 Å². The van der Waals surface area contributed by atoms with Crippen LogP contribution >= 0.6 is 0 Å². The quantitative estimate of drug-likeness (QED) is 0.287. The summed E-state index contributed by atoms with van der Waals surface area (Å²) in [4.78, 5) is 4.50. The SMILES string of the molecule is CCNC1(C#N)CN(C(c2ccccc2)c2ccccc2)C1.N#CC1(O)CN(C(c2ccccc2)c2ccccc2)C1. The zero-order valence-corrected chi connectivity index (χ0v) is 24.0. The number of hydrogen-bond donors (Lipinski definition) is 2. The molecule has 2 fully saturated rings. The molecule has 0 spiro atoms. The molecule has 6 rings (SSSR count). The molecule has 212 valence electrons. The summed E-state index contributed by atoms with van der Waals surface area (Å²) in [6, 6.07) is 46.2. The highest BCUT2D eigenvalue weighted by atomic mass is 16.3. The lowest BCUT2D eigenvalue weighted by atomic mass is 9.85. The van der Waals surface area contributed by atoms with Crippen molar-refractivity contribution in [1.82, 2.24) is 15.1 Å². The number of β-amino-alcohol motifs (C(OH)–C–C–N with tert-alkyl or cyclic N) is 1. The summed E-state index contributed by atoms with van der Waals surface area (Å²) in [6.45, 7) is 5.16. The van der Waals surface area contributed by atoms with Crippen LogP contribution in [-0.2, 0) is 0 Å². The highest BCUT2D eigenvalue weighted by Crippen LogP contribution is 2.36. The van der Waals surface area contributed by atoms with Gasteiger partial charge in [0.25, 0.3) is 0 Å². The number of nitriles is 2. The first kappa shape index (κ1) is 29.2. The average Bonchev–Trinajstić information content (AvgIpc) is 3.01. The van der Waals surface area contributed by atoms with Gasteiger partial charge in [-0.05, 0) is 28.8 Å². The van der Waals surface area contributed by atoms with E-state index in [-0.39, 0.29) is 12.1 Å². The summed E-state index contributed by atoms with van der Waals surface area (Å²) in [6.07, 6.45) is 0. The van der Waals surface area contributed by atoms with E-state index in [9.17, 15) is 10.4 Å². The van der Waals surface area contributed by atoms with Crippen LogP contribution in [0.15, 0.2) is 121 Å². The van der Waals surface area contributed by atoms with Gasteiger partial charge in [0.2, 0.25) is 0 Å². The summed E-state index contributed by atoms with van der Waals surface area (Å²) < 4.78 is 0.